The predicted octanol–water partition coefficient (Wildman–Crippen LogP) is 3.27. The Morgan fingerprint density at radius 2 is 1.63 bits per heavy atom. The second kappa shape index (κ2) is 7.43. The standard InChI is InChI=1S/C16H18BrNO/c17-16-4-2-1-3-15(16)11-18-10-9-13-5-7-14(12-19)8-6-13/h1-8,18-19H,9-12H2. The van der Waals surface area contributed by atoms with Crippen LogP contribution in [0, 0.1) is 0 Å². The van der Waals surface area contributed by atoms with E-state index in [2.05, 4.69) is 51.6 Å². The number of hydrogen-bond donors (Lipinski definition) is 2. The van der Waals surface area contributed by atoms with Gasteiger partial charge in [0.1, 0.15) is 0 Å². The molecule has 0 heterocycles. The van der Waals surface area contributed by atoms with Crippen molar-refractivity contribution in [1.29, 1.82) is 0 Å². The smallest absolute Gasteiger partial charge is 0.0681 e. The van der Waals surface area contributed by atoms with Gasteiger partial charge in [-0.15, -0.1) is 0 Å². The summed E-state index contributed by atoms with van der Waals surface area (Å²) >= 11 is 3.55. The van der Waals surface area contributed by atoms with Gasteiger partial charge in [0.2, 0.25) is 0 Å². The van der Waals surface area contributed by atoms with Gasteiger partial charge in [-0.1, -0.05) is 58.4 Å². The van der Waals surface area contributed by atoms with Crippen molar-refractivity contribution >= 4 is 15.9 Å². The Morgan fingerprint density at radius 1 is 0.947 bits per heavy atom. The van der Waals surface area contributed by atoms with E-state index in [0.29, 0.717) is 0 Å². The fourth-order valence-corrected chi connectivity index (χ4v) is 2.33. The molecule has 2 nitrogen and oxygen atoms in total. The summed E-state index contributed by atoms with van der Waals surface area (Å²) in [7, 11) is 0. The van der Waals surface area contributed by atoms with Gasteiger partial charge >= 0.3 is 0 Å². The Labute approximate surface area is 122 Å². The third kappa shape index (κ3) is 4.46. The first-order valence-electron chi connectivity index (χ1n) is 6.42. The molecule has 0 aliphatic carbocycles. The van der Waals surface area contributed by atoms with E-state index >= 15 is 0 Å². The number of aliphatic hydroxyl groups excluding tert-OH is 1. The molecule has 100 valence electrons. The van der Waals surface area contributed by atoms with Crippen molar-refractivity contribution in [1.82, 2.24) is 5.32 Å². The molecule has 3 heteroatoms. The molecule has 0 spiro atoms. The minimum atomic E-state index is 0.112. The van der Waals surface area contributed by atoms with Gasteiger partial charge < -0.3 is 10.4 Å². The molecule has 0 aromatic heterocycles. The van der Waals surface area contributed by atoms with Crippen molar-refractivity contribution in [2.45, 2.75) is 19.6 Å². The van der Waals surface area contributed by atoms with Crippen molar-refractivity contribution in [3.05, 3.63) is 69.7 Å². The first-order chi connectivity index (χ1) is 9.29. The van der Waals surface area contributed by atoms with Crippen LogP contribution in [0.1, 0.15) is 16.7 Å². The number of benzene rings is 2. The summed E-state index contributed by atoms with van der Waals surface area (Å²) in [5.41, 5.74) is 3.53. The molecule has 2 N–H and O–H groups in total. The van der Waals surface area contributed by atoms with Crippen LogP contribution in [0.4, 0.5) is 0 Å². The van der Waals surface area contributed by atoms with Gasteiger partial charge in [-0.05, 0) is 35.7 Å². The van der Waals surface area contributed by atoms with Crippen molar-refractivity contribution in [3.8, 4) is 0 Å². The lowest BCUT2D eigenvalue weighted by Crippen LogP contribution is -2.16. The third-order valence-corrected chi connectivity index (χ3v) is 3.84. The maximum absolute atomic E-state index is 8.98. The maximum atomic E-state index is 8.98. The van der Waals surface area contributed by atoms with Crippen LogP contribution in [-0.4, -0.2) is 11.7 Å². The molecule has 0 amide bonds. The number of rotatable bonds is 6. The van der Waals surface area contributed by atoms with Gasteiger partial charge in [0.25, 0.3) is 0 Å². The fourth-order valence-electron chi connectivity index (χ4n) is 1.91. The number of aliphatic hydroxyl groups is 1. The van der Waals surface area contributed by atoms with E-state index in [1.165, 1.54) is 11.1 Å². The molecule has 0 fully saturated rings. The minimum absolute atomic E-state index is 0.112. The molecule has 0 saturated heterocycles. The quantitative estimate of drug-likeness (QED) is 0.801. The van der Waals surface area contributed by atoms with Crippen LogP contribution in [0.25, 0.3) is 0 Å². The average molecular weight is 320 g/mol. The second-order valence-electron chi connectivity index (χ2n) is 4.49. The molecule has 0 saturated carbocycles. The maximum Gasteiger partial charge on any atom is 0.0681 e. The van der Waals surface area contributed by atoms with Crippen LogP contribution >= 0.6 is 15.9 Å². The summed E-state index contributed by atoms with van der Waals surface area (Å²) < 4.78 is 1.15. The zero-order chi connectivity index (χ0) is 13.5. The molecule has 0 aliphatic rings. The Bertz CT molecular complexity index is 510. The Kier molecular flexibility index (Phi) is 5.58. The highest BCUT2D eigenvalue weighted by atomic mass is 79.9. The van der Waals surface area contributed by atoms with E-state index in [1.807, 2.05) is 18.2 Å². The van der Waals surface area contributed by atoms with Crippen molar-refractivity contribution < 1.29 is 5.11 Å². The number of hydrogen-bond acceptors (Lipinski definition) is 2. The summed E-state index contributed by atoms with van der Waals surface area (Å²) in [5, 5.41) is 12.4. The topological polar surface area (TPSA) is 32.3 Å². The predicted molar refractivity (Wildman–Crippen MR) is 81.9 cm³/mol. The van der Waals surface area contributed by atoms with Gasteiger partial charge in [-0.25, -0.2) is 0 Å². The monoisotopic (exact) mass is 319 g/mol. The van der Waals surface area contributed by atoms with Crippen LogP contribution in [0.15, 0.2) is 53.0 Å². The van der Waals surface area contributed by atoms with Crippen molar-refractivity contribution in [2.75, 3.05) is 6.54 Å². The van der Waals surface area contributed by atoms with Gasteiger partial charge in [-0.2, -0.15) is 0 Å². The molecule has 0 bridgehead atoms. The number of nitrogens with one attached hydrogen (secondary N) is 1. The highest BCUT2D eigenvalue weighted by molar-refractivity contribution is 9.10. The molecule has 0 unspecified atom stereocenters. The first kappa shape index (κ1) is 14.3. The molecule has 2 aromatic carbocycles. The number of halogens is 1. The summed E-state index contributed by atoms with van der Waals surface area (Å²) in [6.45, 7) is 1.93. The van der Waals surface area contributed by atoms with Crippen LogP contribution in [0.3, 0.4) is 0 Å². The zero-order valence-electron chi connectivity index (χ0n) is 10.8. The van der Waals surface area contributed by atoms with E-state index in [0.717, 1.165) is 29.5 Å². The zero-order valence-corrected chi connectivity index (χ0v) is 12.4. The van der Waals surface area contributed by atoms with Crippen LogP contribution in [0.5, 0.6) is 0 Å². The lowest BCUT2D eigenvalue weighted by atomic mass is 10.1. The molecule has 19 heavy (non-hydrogen) atoms. The van der Waals surface area contributed by atoms with Gasteiger partial charge in [-0.3, -0.25) is 0 Å². The van der Waals surface area contributed by atoms with E-state index in [1.54, 1.807) is 0 Å². The lowest BCUT2D eigenvalue weighted by Gasteiger charge is -2.07. The normalized spacial score (nSPS) is 10.6. The Hall–Kier alpha value is -1.16. The summed E-state index contributed by atoms with van der Waals surface area (Å²) in [4.78, 5) is 0. The van der Waals surface area contributed by atoms with Gasteiger partial charge in [0, 0.05) is 11.0 Å². The fraction of sp³-hybridized carbons (Fsp3) is 0.250. The first-order valence-corrected chi connectivity index (χ1v) is 7.21. The van der Waals surface area contributed by atoms with Crippen LogP contribution in [0.2, 0.25) is 0 Å². The van der Waals surface area contributed by atoms with Gasteiger partial charge in [0.05, 0.1) is 6.61 Å². The average Bonchev–Trinajstić information content (AvgIpc) is 2.46. The minimum Gasteiger partial charge on any atom is -0.392 e. The van der Waals surface area contributed by atoms with E-state index in [4.69, 9.17) is 5.11 Å². The van der Waals surface area contributed by atoms with Crippen molar-refractivity contribution in [3.63, 3.8) is 0 Å². The lowest BCUT2D eigenvalue weighted by molar-refractivity contribution is 0.282. The molecular formula is C16H18BrNO. The van der Waals surface area contributed by atoms with Crippen LogP contribution in [-0.2, 0) is 19.6 Å². The van der Waals surface area contributed by atoms with E-state index in [9.17, 15) is 0 Å². The Balaban J connectivity index is 1.76. The second-order valence-corrected chi connectivity index (χ2v) is 5.35. The Morgan fingerprint density at radius 3 is 2.32 bits per heavy atom. The highest BCUT2D eigenvalue weighted by Gasteiger charge is 1.98. The molecule has 0 radical (unpaired) electrons. The molecule has 0 atom stereocenters. The SMILES string of the molecule is OCc1ccc(CCNCc2ccccc2Br)cc1. The van der Waals surface area contributed by atoms with Crippen molar-refractivity contribution in [2.24, 2.45) is 0 Å². The largest absolute Gasteiger partial charge is 0.392 e. The van der Waals surface area contributed by atoms with Crippen LogP contribution < -0.4 is 5.32 Å². The molecule has 0 aliphatic heterocycles. The van der Waals surface area contributed by atoms with Gasteiger partial charge in [0.15, 0.2) is 0 Å². The molecule has 2 rings (SSSR count). The summed E-state index contributed by atoms with van der Waals surface area (Å²) in [6, 6.07) is 16.4. The molecular weight excluding hydrogens is 302 g/mol. The van der Waals surface area contributed by atoms with E-state index < -0.39 is 0 Å². The summed E-state index contributed by atoms with van der Waals surface area (Å²) in [6.07, 6.45) is 0.996. The molecule has 2 aromatic rings. The third-order valence-electron chi connectivity index (χ3n) is 3.07. The van der Waals surface area contributed by atoms with E-state index in [-0.39, 0.29) is 6.61 Å². The highest BCUT2D eigenvalue weighted by Crippen LogP contribution is 2.15. The summed E-state index contributed by atoms with van der Waals surface area (Å²) in [5.74, 6) is 0.